The van der Waals surface area contributed by atoms with Crippen LogP contribution < -0.4 is 4.90 Å². The monoisotopic (exact) mass is 290 g/mol. The van der Waals surface area contributed by atoms with Gasteiger partial charge in [0.25, 0.3) is 0 Å². The van der Waals surface area contributed by atoms with Crippen molar-refractivity contribution in [1.29, 1.82) is 0 Å². The van der Waals surface area contributed by atoms with E-state index in [2.05, 4.69) is 33.5 Å². The Balaban J connectivity index is 1.61. The molecule has 1 saturated heterocycles. The van der Waals surface area contributed by atoms with Gasteiger partial charge in [0.15, 0.2) is 0 Å². The van der Waals surface area contributed by atoms with E-state index in [1.165, 1.54) is 44.3 Å². The smallest absolute Gasteiger partial charge is 0.227 e. The lowest BCUT2D eigenvalue weighted by Gasteiger charge is -2.50. The number of anilines is 1. The highest BCUT2D eigenvalue weighted by Crippen LogP contribution is 2.41. The molecule has 0 radical (unpaired) electrons. The average Bonchev–Trinajstić information content (AvgIpc) is 2.77. The maximum Gasteiger partial charge on any atom is 0.227 e. The zero-order valence-electron chi connectivity index (χ0n) is 13.2. The Morgan fingerprint density at radius 3 is 2.62 bits per heavy atom. The molecule has 1 aliphatic heterocycles. The van der Waals surface area contributed by atoms with Gasteiger partial charge in [0.05, 0.1) is 11.7 Å². The van der Waals surface area contributed by atoms with Crippen LogP contribution in [0.5, 0.6) is 0 Å². The average molecular weight is 290 g/mol. The number of hydrogen-bond donors (Lipinski definition) is 0. The van der Waals surface area contributed by atoms with Crippen molar-refractivity contribution in [3.8, 4) is 0 Å². The lowest BCUT2D eigenvalue weighted by Crippen LogP contribution is -2.59. The highest BCUT2D eigenvalue weighted by atomic mass is 16.5. The van der Waals surface area contributed by atoms with Crippen LogP contribution in [-0.4, -0.2) is 39.6 Å². The SMILES string of the molecule is CCn1c(C2CCC2)nnc1N1CC(C)OC2(CCC2)C1. The van der Waals surface area contributed by atoms with E-state index in [1.54, 1.807) is 0 Å². The topological polar surface area (TPSA) is 43.2 Å². The highest BCUT2D eigenvalue weighted by Gasteiger charge is 2.45. The van der Waals surface area contributed by atoms with Crippen LogP contribution in [0.15, 0.2) is 0 Å². The van der Waals surface area contributed by atoms with Gasteiger partial charge in [-0.05, 0) is 46.0 Å². The summed E-state index contributed by atoms with van der Waals surface area (Å²) in [6.07, 6.45) is 7.88. The minimum Gasteiger partial charge on any atom is -0.368 e. The molecule has 116 valence electrons. The lowest BCUT2D eigenvalue weighted by molar-refractivity contribution is -0.142. The summed E-state index contributed by atoms with van der Waals surface area (Å²) >= 11 is 0. The summed E-state index contributed by atoms with van der Waals surface area (Å²) in [5.41, 5.74) is 0.0961. The molecule has 0 bridgehead atoms. The number of rotatable bonds is 3. The minimum absolute atomic E-state index is 0.0961. The normalized spacial score (nSPS) is 28.5. The summed E-state index contributed by atoms with van der Waals surface area (Å²) in [6, 6.07) is 0. The molecule has 2 saturated carbocycles. The number of aromatic nitrogens is 3. The van der Waals surface area contributed by atoms with Crippen molar-refractivity contribution in [1.82, 2.24) is 14.8 Å². The second-order valence-electron chi connectivity index (χ2n) is 7.08. The molecule has 3 aliphatic rings. The fourth-order valence-corrected chi connectivity index (χ4v) is 4.04. The maximum atomic E-state index is 6.22. The second-order valence-corrected chi connectivity index (χ2v) is 7.08. The molecule has 1 spiro atoms. The molecule has 1 aromatic heterocycles. The Morgan fingerprint density at radius 1 is 1.24 bits per heavy atom. The molecular formula is C16H26N4O. The van der Waals surface area contributed by atoms with E-state index >= 15 is 0 Å². The van der Waals surface area contributed by atoms with E-state index in [1.807, 2.05) is 0 Å². The van der Waals surface area contributed by atoms with Crippen molar-refractivity contribution in [3.63, 3.8) is 0 Å². The van der Waals surface area contributed by atoms with Crippen LogP contribution in [0, 0.1) is 0 Å². The van der Waals surface area contributed by atoms with E-state index in [0.717, 1.165) is 25.6 Å². The van der Waals surface area contributed by atoms with Crippen molar-refractivity contribution < 1.29 is 4.74 Å². The van der Waals surface area contributed by atoms with E-state index in [9.17, 15) is 0 Å². The molecule has 0 amide bonds. The summed E-state index contributed by atoms with van der Waals surface area (Å²) in [7, 11) is 0. The van der Waals surface area contributed by atoms with Crippen LogP contribution in [-0.2, 0) is 11.3 Å². The third kappa shape index (κ3) is 2.17. The molecule has 2 heterocycles. The Hall–Kier alpha value is -1.10. The summed E-state index contributed by atoms with van der Waals surface area (Å²) < 4.78 is 8.56. The van der Waals surface area contributed by atoms with Gasteiger partial charge in [-0.15, -0.1) is 10.2 Å². The Labute approximate surface area is 126 Å². The van der Waals surface area contributed by atoms with E-state index < -0.39 is 0 Å². The van der Waals surface area contributed by atoms with Crippen LogP contribution in [0.2, 0.25) is 0 Å². The van der Waals surface area contributed by atoms with Crippen molar-refractivity contribution in [2.75, 3.05) is 18.0 Å². The number of hydrogen-bond acceptors (Lipinski definition) is 4. The van der Waals surface area contributed by atoms with E-state index in [-0.39, 0.29) is 11.7 Å². The van der Waals surface area contributed by atoms with Crippen LogP contribution in [0.4, 0.5) is 5.95 Å². The molecule has 4 rings (SSSR count). The number of nitrogens with zero attached hydrogens (tertiary/aromatic N) is 4. The zero-order chi connectivity index (χ0) is 14.4. The molecule has 3 fully saturated rings. The van der Waals surface area contributed by atoms with Gasteiger partial charge >= 0.3 is 0 Å². The van der Waals surface area contributed by atoms with E-state index in [0.29, 0.717) is 5.92 Å². The first-order chi connectivity index (χ1) is 10.2. The van der Waals surface area contributed by atoms with Crippen LogP contribution in [0.1, 0.15) is 64.1 Å². The minimum atomic E-state index is 0.0961. The van der Waals surface area contributed by atoms with Crippen molar-refractivity contribution in [3.05, 3.63) is 5.82 Å². The molecule has 2 aliphatic carbocycles. The largest absolute Gasteiger partial charge is 0.368 e. The fraction of sp³-hybridized carbons (Fsp3) is 0.875. The number of morpholine rings is 1. The molecule has 1 unspecified atom stereocenters. The molecule has 0 N–H and O–H groups in total. The molecule has 5 heteroatoms. The zero-order valence-corrected chi connectivity index (χ0v) is 13.2. The first-order valence-electron chi connectivity index (χ1n) is 8.57. The number of ether oxygens (including phenoxy) is 1. The summed E-state index contributed by atoms with van der Waals surface area (Å²) in [5, 5.41) is 9.09. The molecule has 1 atom stereocenters. The Bertz CT molecular complexity index is 518. The maximum absolute atomic E-state index is 6.22. The molecule has 5 nitrogen and oxygen atoms in total. The molecule has 21 heavy (non-hydrogen) atoms. The van der Waals surface area contributed by atoms with Crippen LogP contribution in [0.3, 0.4) is 0 Å². The van der Waals surface area contributed by atoms with Crippen molar-refractivity contribution in [2.45, 2.75) is 76.5 Å². The van der Waals surface area contributed by atoms with E-state index in [4.69, 9.17) is 4.74 Å². The van der Waals surface area contributed by atoms with Gasteiger partial charge < -0.3 is 9.64 Å². The van der Waals surface area contributed by atoms with Crippen molar-refractivity contribution in [2.24, 2.45) is 0 Å². The molecule has 1 aromatic rings. The van der Waals surface area contributed by atoms with Crippen LogP contribution >= 0.6 is 0 Å². The summed E-state index contributed by atoms with van der Waals surface area (Å²) in [4.78, 5) is 2.42. The standard InChI is InChI=1S/C16H26N4O/c1-3-20-14(13-6-4-7-13)17-18-15(20)19-10-12(2)21-16(11-19)8-5-9-16/h12-13H,3-11H2,1-2H3. The second kappa shape index (κ2) is 4.97. The predicted octanol–water partition coefficient (Wildman–Crippen LogP) is 2.71. The molecule has 0 aromatic carbocycles. The first-order valence-corrected chi connectivity index (χ1v) is 8.57. The Morgan fingerprint density at radius 2 is 2.05 bits per heavy atom. The van der Waals surface area contributed by atoms with Gasteiger partial charge in [-0.3, -0.25) is 4.57 Å². The third-order valence-corrected chi connectivity index (χ3v) is 5.50. The van der Waals surface area contributed by atoms with Gasteiger partial charge in [-0.2, -0.15) is 0 Å². The fourth-order valence-electron chi connectivity index (χ4n) is 4.04. The third-order valence-electron chi connectivity index (χ3n) is 5.50. The molecular weight excluding hydrogens is 264 g/mol. The van der Waals surface area contributed by atoms with Gasteiger partial charge in [-0.25, -0.2) is 0 Å². The summed E-state index contributed by atoms with van der Waals surface area (Å²) in [6.45, 7) is 7.28. The van der Waals surface area contributed by atoms with Gasteiger partial charge in [0, 0.05) is 25.6 Å². The van der Waals surface area contributed by atoms with Gasteiger partial charge in [0.1, 0.15) is 5.82 Å². The lowest BCUT2D eigenvalue weighted by atomic mass is 9.78. The van der Waals surface area contributed by atoms with Gasteiger partial charge in [0.2, 0.25) is 5.95 Å². The van der Waals surface area contributed by atoms with Crippen molar-refractivity contribution >= 4 is 5.95 Å². The van der Waals surface area contributed by atoms with Crippen LogP contribution in [0.25, 0.3) is 0 Å². The highest BCUT2D eigenvalue weighted by molar-refractivity contribution is 5.35. The summed E-state index contributed by atoms with van der Waals surface area (Å²) in [5.74, 6) is 2.92. The first kappa shape index (κ1) is 13.6. The quantitative estimate of drug-likeness (QED) is 0.858. The Kier molecular flexibility index (Phi) is 3.21. The predicted molar refractivity (Wildman–Crippen MR) is 81.6 cm³/mol. The van der Waals surface area contributed by atoms with Gasteiger partial charge in [-0.1, -0.05) is 6.42 Å².